The average molecular weight is 251 g/mol. The molecule has 1 N–H and O–H groups in total. The molecule has 0 aliphatic carbocycles. The Labute approximate surface area is 90.8 Å². The zero-order valence-corrected chi connectivity index (χ0v) is 9.21. The highest BCUT2D eigenvalue weighted by Crippen LogP contribution is 2.11. The van der Waals surface area contributed by atoms with Gasteiger partial charge in [0, 0.05) is 6.26 Å². The Bertz CT molecular complexity index is 500. The van der Waals surface area contributed by atoms with Crippen LogP contribution in [-0.4, -0.2) is 35.7 Å². The molecule has 0 aromatic carbocycles. The molecule has 0 radical (unpaired) electrons. The standard InChI is InChI=1S/C7H7ClN2O4S/c1-15(13,14)7-9-4(3-6(11)12)2-5(8)10-7/h2H,3H2,1H3,(H,11,12). The highest BCUT2D eigenvalue weighted by Gasteiger charge is 2.14. The molecule has 0 saturated heterocycles. The second-order valence-corrected chi connectivity index (χ2v) is 5.10. The van der Waals surface area contributed by atoms with Crippen LogP contribution in [0.2, 0.25) is 5.15 Å². The number of halogens is 1. The Kier molecular flexibility index (Phi) is 3.25. The van der Waals surface area contributed by atoms with E-state index in [9.17, 15) is 13.2 Å². The number of hydrogen-bond donors (Lipinski definition) is 1. The van der Waals surface area contributed by atoms with Crippen LogP contribution < -0.4 is 0 Å². The molecule has 1 aromatic heterocycles. The molecule has 8 heteroatoms. The maximum absolute atomic E-state index is 11.1. The van der Waals surface area contributed by atoms with Crippen LogP contribution in [0, 0.1) is 0 Å². The molecular formula is C7H7ClN2O4S. The van der Waals surface area contributed by atoms with Crippen molar-refractivity contribution in [2.45, 2.75) is 11.6 Å². The minimum atomic E-state index is -3.58. The van der Waals surface area contributed by atoms with Gasteiger partial charge in [0.05, 0.1) is 12.1 Å². The molecule has 1 rings (SSSR count). The summed E-state index contributed by atoms with van der Waals surface area (Å²) in [6.45, 7) is 0. The van der Waals surface area contributed by atoms with Crippen molar-refractivity contribution in [3.63, 3.8) is 0 Å². The molecule has 6 nitrogen and oxygen atoms in total. The first-order chi connectivity index (χ1) is 6.79. The normalized spacial score (nSPS) is 11.3. The van der Waals surface area contributed by atoms with Gasteiger partial charge >= 0.3 is 5.97 Å². The Balaban J connectivity index is 3.23. The average Bonchev–Trinajstić information content (AvgIpc) is 1.99. The molecular weight excluding hydrogens is 244 g/mol. The molecule has 15 heavy (non-hydrogen) atoms. The number of carboxylic acid groups (broad SMARTS) is 1. The topological polar surface area (TPSA) is 97.2 Å². The smallest absolute Gasteiger partial charge is 0.309 e. The fraction of sp³-hybridized carbons (Fsp3) is 0.286. The Morgan fingerprint density at radius 1 is 1.53 bits per heavy atom. The van der Waals surface area contributed by atoms with Crippen LogP contribution in [0.3, 0.4) is 0 Å². The van der Waals surface area contributed by atoms with Gasteiger partial charge in [0.1, 0.15) is 5.15 Å². The van der Waals surface area contributed by atoms with Crippen LogP contribution in [0.4, 0.5) is 0 Å². The van der Waals surface area contributed by atoms with Gasteiger partial charge < -0.3 is 5.11 Å². The van der Waals surface area contributed by atoms with Crippen LogP contribution in [0.5, 0.6) is 0 Å². The van der Waals surface area contributed by atoms with E-state index < -0.39 is 27.4 Å². The quantitative estimate of drug-likeness (QED) is 0.606. The number of carbonyl (C=O) groups is 1. The number of aromatic nitrogens is 2. The van der Waals surface area contributed by atoms with Crippen molar-refractivity contribution < 1.29 is 18.3 Å². The molecule has 1 heterocycles. The molecule has 0 unspecified atom stereocenters. The highest BCUT2D eigenvalue weighted by atomic mass is 35.5. The fourth-order valence-corrected chi connectivity index (χ4v) is 1.66. The van der Waals surface area contributed by atoms with Gasteiger partial charge in [0.25, 0.3) is 0 Å². The number of sulfone groups is 1. The van der Waals surface area contributed by atoms with E-state index in [-0.39, 0.29) is 10.8 Å². The maximum atomic E-state index is 11.1. The molecule has 0 fully saturated rings. The summed E-state index contributed by atoms with van der Waals surface area (Å²) in [5.74, 6) is -1.12. The Hall–Kier alpha value is -1.21. The van der Waals surface area contributed by atoms with Crippen molar-refractivity contribution in [1.82, 2.24) is 9.97 Å². The summed E-state index contributed by atoms with van der Waals surface area (Å²) in [7, 11) is -3.58. The summed E-state index contributed by atoms with van der Waals surface area (Å²) in [6, 6.07) is 1.21. The zero-order valence-electron chi connectivity index (χ0n) is 7.64. The first-order valence-corrected chi connectivity index (χ1v) is 6.01. The highest BCUT2D eigenvalue weighted by molar-refractivity contribution is 7.90. The first-order valence-electron chi connectivity index (χ1n) is 3.74. The molecule has 0 bridgehead atoms. The largest absolute Gasteiger partial charge is 0.481 e. The van der Waals surface area contributed by atoms with E-state index in [1.54, 1.807) is 0 Å². The van der Waals surface area contributed by atoms with E-state index >= 15 is 0 Å². The SMILES string of the molecule is CS(=O)(=O)c1nc(Cl)cc(CC(=O)O)n1. The van der Waals surface area contributed by atoms with E-state index in [2.05, 4.69) is 9.97 Å². The summed E-state index contributed by atoms with van der Waals surface area (Å²) in [4.78, 5) is 17.5. The summed E-state index contributed by atoms with van der Waals surface area (Å²) in [5, 5.41) is 7.94. The third-order valence-corrected chi connectivity index (χ3v) is 2.43. The molecule has 0 atom stereocenters. The Morgan fingerprint density at radius 3 is 2.60 bits per heavy atom. The second-order valence-electron chi connectivity index (χ2n) is 2.81. The molecule has 0 aliphatic heterocycles. The summed E-state index contributed by atoms with van der Waals surface area (Å²) < 4.78 is 22.2. The Morgan fingerprint density at radius 2 is 2.13 bits per heavy atom. The van der Waals surface area contributed by atoms with Crippen LogP contribution in [-0.2, 0) is 21.1 Å². The number of aliphatic carboxylic acids is 1. The monoisotopic (exact) mass is 250 g/mol. The summed E-state index contributed by atoms with van der Waals surface area (Å²) in [5.41, 5.74) is 0.0583. The van der Waals surface area contributed by atoms with Gasteiger partial charge in [-0.3, -0.25) is 4.79 Å². The van der Waals surface area contributed by atoms with E-state index in [1.165, 1.54) is 6.07 Å². The number of carboxylic acids is 1. The van der Waals surface area contributed by atoms with Gasteiger partial charge in [-0.1, -0.05) is 11.6 Å². The van der Waals surface area contributed by atoms with Crippen molar-refractivity contribution in [2.24, 2.45) is 0 Å². The van der Waals surface area contributed by atoms with Gasteiger partial charge in [-0.15, -0.1) is 0 Å². The molecule has 82 valence electrons. The maximum Gasteiger partial charge on any atom is 0.309 e. The van der Waals surface area contributed by atoms with Crippen LogP contribution in [0.25, 0.3) is 0 Å². The third kappa shape index (κ3) is 3.45. The van der Waals surface area contributed by atoms with Crippen LogP contribution in [0.1, 0.15) is 5.69 Å². The lowest BCUT2D eigenvalue weighted by molar-refractivity contribution is -0.136. The van der Waals surface area contributed by atoms with Gasteiger partial charge in [-0.2, -0.15) is 0 Å². The molecule has 0 aliphatic rings. The lowest BCUT2D eigenvalue weighted by Crippen LogP contribution is -2.09. The lowest BCUT2D eigenvalue weighted by atomic mass is 10.3. The minimum absolute atomic E-state index is 0.0583. The van der Waals surface area contributed by atoms with E-state index in [1.807, 2.05) is 0 Å². The van der Waals surface area contributed by atoms with Crippen molar-refractivity contribution in [2.75, 3.05) is 6.26 Å². The third-order valence-electron chi connectivity index (χ3n) is 1.39. The van der Waals surface area contributed by atoms with Crippen molar-refractivity contribution in [1.29, 1.82) is 0 Å². The number of hydrogen-bond acceptors (Lipinski definition) is 5. The predicted octanol–water partition coefficient (Wildman–Crippen LogP) is 0.161. The number of nitrogens with zero attached hydrogens (tertiary/aromatic N) is 2. The fourth-order valence-electron chi connectivity index (χ4n) is 0.853. The molecule has 0 saturated carbocycles. The molecule has 1 aromatic rings. The van der Waals surface area contributed by atoms with E-state index in [0.717, 1.165) is 6.26 Å². The van der Waals surface area contributed by atoms with Crippen LogP contribution in [0.15, 0.2) is 11.2 Å². The minimum Gasteiger partial charge on any atom is -0.481 e. The van der Waals surface area contributed by atoms with Crippen molar-refractivity contribution in [3.05, 3.63) is 16.9 Å². The van der Waals surface area contributed by atoms with Crippen molar-refractivity contribution >= 4 is 27.4 Å². The molecule has 0 spiro atoms. The first kappa shape index (κ1) is 11.9. The second kappa shape index (κ2) is 4.11. The van der Waals surface area contributed by atoms with E-state index in [0.29, 0.717) is 0 Å². The van der Waals surface area contributed by atoms with Crippen LogP contribution >= 0.6 is 11.6 Å². The van der Waals surface area contributed by atoms with Gasteiger partial charge in [0.2, 0.25) is 15.0 Å². The lowest BCUT2D eigenvalue weighted by Gasteiger charge is -2.01. The van der Waals surface area contributed by atoms with E-state index in [4.69, 9.17) is 16.7 Å². The van der Waals surface area contributed by atoms with Gasteiger partial charge in [-0.05, 0) is 6.07 Å². The zero-order chi connectivity index (χ0) is 11.6. The van der Waals surface area contributed by atoms with Gasteiger partial charge in [-0.25, -0.2) is 18.4 Å². The summed E-state index contributed by atoms with van der Waals surface area (Å²) >= 11 is 5.53. The predicted molar refractivity (Wildman–Crippen MR) is 51.5 cm³/mol. The van der Waals surface area contributed by atoms with Crippen molar-refractivity contribution in [3.8, 4) is 0 Å². The van der Waals surface area contributed by atoms with Gasteiger partial charge in [0.15, 0.2) is 0 Å². The summed E-state index contributed by atoms with van der Waals surface area (Å²) in [6.07, 6.45) is 0.522. The molecule has 0 amide bonds. The number of rotatable bonds is 3.